The SMILES string of the molecule is O=C1c2ccccc2C(=O)c2c1ccc(CO[C@@H]1O[C@H](CO[C@@H]3O[C@H](CO)[C@@H](O)[C@H](O)[C@H]3O)[C@@H](O)[C@H](O)[C@H]1O)c2O. The Morgan fingerprint density at radius 3 is 1.85 bits per heavy atom. The molecule has 0 radical (unpaired) electrons. The Bertz CT molecular complexity index is 1300. The molecule has 2 aliphatic heterocycles. The molecule has 14 nitrogen and oxygen atoms in total. The number of hydrogen-bond acceptors (Lipinski definition) is 14. The zero-order valence-corrected chi connectivity index (χ0v) is 21.4. The second-order valence-electron chi connectivity index (χ2n) is 10.1. The maximum absolute atomic E-state index is 13.0. The molecule has 3 aliphatic rings. The van der Waals surface area contributed by atoms with Crippen molar-refractivity contribution in [1.82, 2.24) is 0 Å². The molecule has 1 aliphatic carbocycles. The van der Waals surface area contributed by atoms with E-state index in [-0.39, 0.29) is 27.8 Å². The first-order valence-corrected chi connectivity index (χ1v) is 12.8. The minimum atomic E-state index is -1.77. The Hall–Kier alpha value is -2.86. The first kappa shape index (κ1) is 29.6. The Labute approximate surface area is 232 Å². The van der Waals surface area contributed by atoms with Crippen LogP contribution in [0.2, 0.25) is 0 Å². The van der Waals surface area contributed by atoms with Crippen LogP contribution in [0.15, 0.2) is 36.4 Å². The summed E-state index contributed by atoms with van der Waals surface area (Å²) in [5, 5.41) is 81.3. The number of phenolic OH excluding ortho intramolecular Hbond substituents is 1. The van der Waals surface area contributed by atoms with Crippen LogP contribution in [0.1, 0.15) is 37.4 Å². The fraction of sp³-hybridized carbons (Fsp3) is 0.481. The number of aliphatic hydroxyl groups is 7. The molecule has 0 amide bonds. The predicted molar refractivity (Wildman–Crippen MR) is 133 cm³/mol. The van der Waals surface area contributed by atoms with Gasteiger partial charge in [0.05, 0.1) is 25.4 Å². The number of ether oxygens (including phenoxy) is 4. The molecule has 222 valence electrons. The predicted octanol–water partition coefficient (Wildman–Crippen LogP) is -2.69. The number of carbonyl (C=O) groups excluding carboxylic acids is 2. The monoisotopic (exact) mass is 578 g/mol. The Morgan fingerprint density at radius 1 is 0.659 bits per heavy atom. The van der Waals surface area contributed by atoms with Gasteiger partial charge < -0.3 is 59.8 Å². The summed E-state index contributed by atoms with van der Waals surface area (Å²) in [6.45, 7) is -1.67. The molecule has 2 aromatic rings. The molecule has 2 saturated heterocycles. The van der Waals surface area contributed by atoms with Gasteiger partial charge in [0.15, 0.2) is 24.1 Å². The summed E-state index contributed by atoms with van der Waals surface area (Å²) in [6, 6.07) is 8.96. The lowest BCUT2D eigenvalue weighted by atomic mass is 9.83. The van der Waals surface area contributed by atoms with E-state index in [1.54, 1.807) is 12.1 Å². The number of fused-ring (bicyclic) bond motifs is 2. The van der Waals surface area contributed by atoms with Crippen molar-refractivity contribution >= 4 is 11.6 Å². The lowest BCUT2D eigenvalue weighted by Crippen LogP contribution is -2.61. The summed E-state index contributed by atoms with van der Waals surface area (Å²) >= 11 is 0. The molecular weight excluding hydrogens is 548 g/mol. The minimum absolute atomic E-state index is 0.0212. The molecule has 0 bridgehead atoms. The van der Waals surface area contributed by atoms with E-state index in [2.05, 4.69) is 0 Å². The Balaban J connectivity index is 1.27. The molecule has 10 atom stereocenters. The molecular formula is C27H30O14. The zero-order chi connectivity index (χ0) is 29.6. The highest BCUT2D eigenvalue weighted by Gasteiger charge is 2.47. The number of hydrogen-bond donors (Lipinski definition) is 8. The van der Waals surface area contributed by atoms with Crippen molar-refractivity contribution < 1.29 is 69.4 Å². The summed E-state index contributed by atoms with van der Waals surface area (Å²) in [4.78, 5) is 25.9. The molecule has 2 fully saturated rings. The number of ketones is 2. The number of rotatable bonds is 7. The van der Waals surface area contributed by atoms with E-state index in [0.29, 0.717) is 0 Å². The van der Waals surface area contributed by atoms with Crippen LogP contribution in [0, 0.1) is 0 Å². The lowest BCUT2D eigenvalue weighted by molar-refractivity contribution is -0.332. The maximum Gasteiger partial charge on any atom is 0.198 e. The van der Waals surface area contributed by atoms with Crippen molar-refractivity contribution in [1.29, 1.82) is 0 Å². The average Bonchev–Trinajstić information content (AvgIpc) is 2.98. The van der Waals surface area contributed by atoms with Crippen LogP contribution in [0.4, 0.5) is 0 Å². The number of aliphatic hydroxyl groups excluding tert-OH is 7. The maximum atomic E-state index is 13.0. The summed E-state index contributed by atoms with van der Waals surface area (Å²) in [5.41, 5.74) is 0.268. The van der Waals surface area contributed by atoms with Crippen molar-refractivity contribution in [3.05, 3.63) is 64.2 Å². The fourth-order valence-corrected chi connectivity index (χ4v) is 5.09. The van der Waals surface area contributed by atoms with Gasteiger partial charge in [0.2, 0.25) is 0 Å². The molecule has 5 rings (SSSR count). The van der Waals surface area contributed by atoms with Gasteiger partial charge in [-0.2, -0.15) is 0 Å². The molecule has 2 heterocycles. The molecule has 2 aromatic carbocycles. The van der Waals surface area contributed by atoms with Gasteiger partial charge >= 0.3 is 0 Å². The molecule has 41 heavy (non-hydrogen) atoms. The molecule has 0 aromatic heterocycles. The number of carbonyl (C=O) groups is 2. The van der Waals surface area contributed by atoms with Crippen LogP contribution < -0.4 is 0 Å². The van der Waals surface area contributed by atoms with E-state index < -0.39 is 98.5 Å². The van der Waals surface area contributed by atoms with Crippen molar-refractivity contribution in [3.8, 4) is 5.75 Å². The van der Waals surface area contributed by atoms with Gasteiger partial charge in [-0.15, -0.1) is 0 Å². The number of aromatic hydroxyl groups is 1. The highest BCUT2D eigenvalue weighted by Crippen LogP contribution is 2.36. The van der Waals surface area contributed by atoms with Crippen molar-refractivity contribution in [3.63, 3.8) is 0 Å². The topological polar surface area (TPSA) is 233 Å². The van der Waals surface area contributed by atoms with E-state index in [1.165, 1.54) is 24.3 Å². The van der Waals surface area contributed by atoms with Gasteiger partial charge in [0.1, 0.15) is 54.6 Å². The van der Waals surface area contributed by atoms with Crippen molar-refractivity contribution in [2.24, 2.45) is 0 Å². The lowest BCUT2D eigenvalue weighted by Gasteiger charge is -2.42. The van der Waals surface area contributed by atoms with E-state index in [1.807, 2.05) is 0 Å². The van der Waals surface area contributed by atoms with Crippen LogP contribution >= 0.6 is 0 Å². The number of benzene rings is 2. The quantitative estimate of drug-likeness (QED) is 0.143. The third kappa shape index (κ3) is 5.29. The standard InChI is InChI=1S/C27H30O14/c28-7-14-20(32)22(34)24(36)27(40-14)39-9-15-21(33)23(35)25(37)26(41-15)38-8-10-5-6-13-16(17(10)29)19(31)12-4-2-1-3-11(12)18(13)30/h1-6,14-15,20-29,32-37H,7-9H2/t14-,15-,20-,21-,22+,23+,24-,25-,26-,27-/m1/s1. The van der Waals surface area contributed by atoms with Crippen molar-refractivity contribution in [2.75, 3.05) is 13.2 Å². The minimum Gasteiger partial charge on any atom is -0.507 e. The van der Waals surface area contributed by atoms with Gasteiger partial charge in [-0.3, -0.25) is 9.59 Å². The second kappa shape index (κ2) is 11.8. The van der Waals surface area contributed by atoms with Gasteiger partial charge in [0, 0.05) is 22.3 Å². The normalized spacial score (nSPS) is 35.2. The third-order valence-corrected chi connectivity index (χ3v) is 7.49. The van der Waals surface area contributed by atoms with E-state index >= 15 is 0 Å². The van der Waals surface area contributed by atoms with E-state index in [4.69, 9.17) is 18.9 Å². The highest BCUT2D eigenvalue weighted by molar-refractivity contribution is 6.29. The van der Waals surface area contributed by atoms with Gasteiger partial charge in [0.25, 0.3) is 0 Å². The van der Waals surface area contributed by atoms with Crippen LogP contribution in [-0.2, 0) is 25.6 Å². The smallest absolute Gasteiger partial charge is 0.198 e. The molecule has 0 spiro atoms. The number of phenols is 1. The zero-order valence-electron chi connectivity index (χ0n) is 21.4. The summed E-state index contributed by atoms with van der Waals surface area (Å²) in [6.07, 6.45) is -15.9. The first-order chi connectivity index (χ1) is 19.5. The van der Waals surface area contributed by atoms with Gasteiger partial charge in [-0.1, -0.05) is 30.3 Å². The molecule has 0 unspecified atom stereocenters. The summed E-state index contributed by atoms with van der Waals surface area (Å²) in [5.74, 6) is -1.47. The van der Waals surface area contributed by atoms with Crippen molar-refractivity contribution in [2.45, 2.75) is 68.0 Å². The average molecular weight is 579 g/mol. The van der Waals surface area contributed by atoms with Crippen LogP contribution in [0.3, 0.4) is 0 Å². The largest absolute Gasteiger partial charge is 0.507 e. The summed E-state index contributed by atoms with van der Waals surface area (Å²) in [7, 11) is 0. The summed E-state index contributed by atoms with van der Waals surface area (Å²) < 4.78 is 21.8. The Morgan fingerprint density at radius 2 is 1.22 bits per heavy atom. The Kier molecular flexibility index (Phi) is 8.52. The van der Waals surface area contributed by atoms with E-state index in [0.717, 1.165) is 0 Å². The second-order valence-corrected chi connectivity index (χ2v) is 10.1. The molecule has 8 N–H and O–H groups in total. The highest BCUT2D eigenvalue weighted by atomic mass is 16.7. The van der Waals surface area contributed by atoms with Crippen LogP contribution in [-0.4, -0.2) is 127 Å². The fourth-order valence-electron chi connectivity index (χ4n) is 5.09. The van der Waals surface area contributed by atoms with Crippen LogP contribution in [0.5, 0.6) is 5.75 Å². The van der Waals surface area contributed by atoms with Crippen LogP contribution in [0.25, 0.3) is 0 Å². The van der Waals surface area contributed by atoms with Gasteiger partial charge in [-0.05, 0) is 6.07 Å². The third-order valence-electron chi connectivity index (χ3n) is 7.49. The van der Waals surface area contributed by atoms with E-state index in [9.17, 15) is 50.4 Å². The first-order valence-electron chi connectivity index (χ1n) is 12.8. The van der Waals surface area contributed by atoms with Gasteiger partial charge in [-0.25, -0.2) is 0 Å². The molecule has 0 saturated carbocycles. The molecule has 14 heteroatoms.